The topological polar surface area (TPSA) is 90.3 Å². The van der Waals surface area contributed by atoms with Gasteiger partial charge in [0.15, 0.2) is 0 Å². The van der Waals surface area contributed by atoms with Crippen molar-refractivity contribution in [1.29, 1.82) is 5.26 Å². The fourth-order valence-corrected chi connectivity index (χ4v) is 6.47. The molecule has 2 heterocycles. The third-order valence-electron chi connectivity index (χ3n) is 6.81. The minimum absolute atomic E-state index is 0.0756. The van der Waals surface area contributed by atoms with Gasteiger partial charge in [-0.25, -0.2) is 0 Å². The summed E-state index contributed by atoms with van der Waals surface area (Å²) in [6, 6.07) is 9.15. The first-order valence-electron chi connectivity index (χ1n) is 10.9. The lowest BCUT2D eigenvalue weighted by Crippen LogP contribution is -2.41. The van der Waals surface area contributed by atoms with E-state index >= 15 is 0 Å². The Labute approximate surface area is 184 Å². The van der Waals surface area contributed by atoms with Crippen LogP contribution in [0.15, 0.2) is 24.3 Å². The molecule has 2 atom stereocenters. The number of thiophene rings is 1. The van der Waals surface area contributed by atoms with E-state index in [-0.39, 0.29) is 36.1 Å². The molecule has 1 aliphatic heterocycles. The van der Waals surface area contributed by atoms with Gasteiger partial charge in [0, 0.05) is 17.3 Å². The molecule has 7 heteroatoms. The Balaban J connectivity index is 1.34. The molecular formula is C24H23N3O3S. The SMILES string of the molecule is N#Cc1c(NC(=O)C2CCCCC2CN2C(=O)c3ccccc3C2=O)sc2c1CCC2. The van der Waals surface area contributed by atoms with Crippen LogP contribution in [0, 0.1) is 23.2 Å². The molecule has 1 aromatic heterocycles. The standard InChI is InChI=1S/C24H23N3O3S/c25-12-19-16-10-5-11-20(16)31-22(19)26-21(28)15-7-2-1-6-14(15)13-27-23(29)17-8-3-4-9-18(17)24(27)30/h3-4,8-9,14-15H,1-2,5-7,10-11,13H2,(H,26,28). The van der Waals surface area contributed by atoms with Crippen molar-refractivity contribution in [3.8, 4) is 6.07 Å². The molecule has 158 valence electrons. The highest BCUT2D eigenvalue weighted by atomic mass is 32.1. The Kier molecular flexibility index (Phi) is 5.11. The van der Waals surface area contributed by atoms with Gasteiger partial charge >= 0.3 is 0 Å². The second-order valence-corrected chi connectivity index (χ2v) is 9.69. The number of anilines is 1. The summed E-state index contributed by atoms with van der Waals surface area (Å²) in [4.78, 5) is 41.3. The number of aryl methyl sites for hydroxylation is 1. The quantitative estimate of drug-likeness (QED) is 0.734. The lowest BCUT2D eigenvalue weighted by atomic mass is 9.78. The molecule has 2 aromatic rings. The molecule has 1 saturated carbocycles. The molecule has 2 unspecified atom stereocenters. The van der Waals surface area contributed by atoms with E-state index in [2.05, 4.69) is 11.4 Å². The van der Waals surface area contributed by atoms with Crippen LogP contribution in [0.1, 0.15) is 68.8 Å². The van der Waals surface area contributed by atoms with Crippen molar-refractivity contribution < 1.29 is 14.4 Å². The molecule has 6 nitrogen and oxygen atoms in total. The number of fused-ring (bicyclic) bond motifs is 2. The molecular weight excluding hydrogens is 410 g/mol. The minimum Gasteiger partial charge on any atom is -0.316 e. The van der Waals surface area contributed by atoms with Gasteiger partial charge in [-0.1, -0.05) is 25.0 Å². The summed E-state index contributed by atoms with van der Waals surface area (Å²) < 4.78 is 0. The summed E-state index contributed by atoms with van der Waals surface area (Å²) in [6.45, 7) is 0.260. The normalized spacial score (nSPS) is 22.2. The van der Waals surface area contributed by atoms with E-state index in [4.69, 9.17) is 0 Å². The molecule has 0 spiro atoms. The first-order valence-corrected chi connectivity index (χ1v) is 11.7. The summed E-state index contributed by atoms with van der Waals surface area (Å²) >= 11 is 1.52. The van der Waals surface area contributed by atoms with Gasteiger partial charge in [-0.2, -0.15) is 5.26 Å². The van der Waals surface area contributed by atoms with Gasteiger partial charge in [0.2, 0.25) is 5.91 Å². The highest BCUT2D eigenvalue weighted by Crippen LogP contribution is 2.40. The molecule has 3 aliphatic rings. The van der Waals surface area contributed by atoms with Crippen molar-refractivity contribution in [1.82, 2.24) is 4.90 Å². The van der Waals surface area contributed by atoms with E-state index in [0.29, 0.717) is 21.7 Å². The minimum atomic E-state index is -0.276. The molecule has 31 heavy (non-hydrogen) atoms. The van der Waals surface area contributed by atoms with E-state index in [1.54, 1.807) is 24.3 Å². The fraction of sp³-hybridized carbons (Fsp3) is 0.417. The van der Waals surface area contributed by atoms with E-state index < -0.39 is 0 Å². The Morgan fingerprint density at radius 1 is 1.10 bits per heavy atom. The van der Waals surface area contributed by atoms with Crippen LogP contribution >= 0.6 is 11.3 Å². The molecule has 0 bridgehead atoms. The highest BCUT2D eigenvalue weighted by molar-refractivity contribution is 7.16. The molecule has 1 fully saturated rings. The Hall–Kier alpha value is -2.98. The predicted molar refractivity (Wildman–Crippen MR) is 117 cm³/mol. The third kappa shape index (κ3) is 3.35. The van der Waals surface area contributed by atoms with Crippen LogP contribution in [0.25, 0.3) is 0 Å². The number of imide groups is 1. The predicted octanol–water partition coefficient (Wildman–Crippen LogP) is 4.15. The average Bonchev–Trinajstić information content (AvgIpc) is 3.43. The number of hydrogen-bond donors (Lipinski definition) is 1. The van der Waals surface area contributed by atoms with Crippen molar-refractivity contribution in [3.63, 3.8) is 0 Å². The van der Waals surface area contributed by atoms with Crippen molar-refractivity contribution >= 4 is 34.1 Å². The number of nitrogens with zero attached hydrogens (tertiary/aromatic N) is 2. The smallest absolute Gasteiger partial charge is 0.261 e. The van der Waals surface area contributed by atoms with Gasteiger partial charge in [-0.05, 0) is 55.7 Å². The number of nitrogens with one attached hydrogen (secondary N) is 1. The number of hydrogen-bond acceptors (Lipinski definition) is 5. The van der Waals surface area contributed by atoms with Crippen LogP contribution in [0.5, 0.6) is 0 Å². The lowest BCUT2D eigenvalue weighted by Gasteiger charge is -2.32. The number of carbonyl (C=O) groups is 3. The van der Waals surface area contributed by atoms with Crippen LogP contribution in [0.2, 0.25) is 0 Å². The maximum atomic E-state index is 13.2. The van der Waals surface area contributed by atoms with E-state index in [1.165, 1.54) is 21.1 Å². The summed E-state index contributed by atoms with van der Waals surface area (Å²) in [6.07, 6.45) is 6.39. The zero-order valence-corrected chi connectivity index (χ0v) is 18.0. The van der Waals surface area contributed by atoms with Gasteiger partial charge < -0.3 is 5.32 Å². The monoisotopic (exact) mass is 433 g/mol. The molecule has 0 saturated heterocycles. The van der Waals surface area contributed by atoms with Crippen molar-refractivity contribution in [3.05, 3.63) is 51.4 Å². The molecule has 0 radical (unpaired) electrons. The molecule has 5 rings (SSSR count). The number of nitriles is 1. The third-order valence-corrected chi connectivity index (χ3v) is 8.02. The maximum Gasteiger partial charge on any atom is 0.261 e. The van der Waals surface area contributed by atoms with E-state index in [0.717, 1.165) is 50.5 Å². The largest absolute Gasteiger partial charge is 0.316 e. The number of rotatable bonds is 4. The number of benzene rings is 1. The van der Waals surface area contributed by atoms with E-state index in [1.807, 2.05) is 0 Å². The van der Waals surface area contributed by atoms with Gasteiger partial charge in [0.05, 0.1) is 16.7 Å². The van der Waals surface area contributed by atoms with Crippen molar-refractivity contribution in [2.45, 2.75) is 44.9 Å². The second-order valence-electron chi connectivity index (χ2n) is 8.58. The molecule has 1 aromatic carbocycles. The van der Waals surface area contributed by atoms with Gasteiger partial charge in [0.1, 0.15) is 11.1 Å². The summed E-state index contributed by atoms with van der Waals surface area (Å²) in [5.41, 5.74) is 2.58. The highest BCUT2D eigenvalue weighted by Gasteiger charge is 2.40. The van der Waals surface area contributed by atoms with E-state index in [9.17, 15) is 19.6 Å². The molecule has 3 amide bonds. The van der Waals surface area contributed by atoms with Crippen molar-refractivity contribution in [2.75, 3.05) is 11.9 Å². The number of carbonyl (C=O) groups excluding carboxylic acids is 3. The van der Waals surface area contributed by atoms with Crippen LogP contribution < -0.4 is 5.32 Å². The van der Waals surface area contributed by atoms with Crippen LogP contribution in [0.3, 0.4) is 0 Å². The summed E-state index contributed by atoms with van der Waals surface area (Å²) in [5, 5.41) is 13.3. The maximum absolute atomic E-state index is 13.2. The molecule has 1 N–H and O–H groups in total. The lowest BCUT2D eigenvalue weighted by molar-refractivity contribution is -0.122. The molecule has 2 aliphatic carbocycles. The summed E-state index contributed by atoms with van der Waals surface area (Å²) in [5.74, 6) is -0.994. The first-order chi connectivity index (χ1) is 15.1. The fourth-order valence-electron chi connectivity index (χ4n) is 5.23. The second kappa shape index (κ2) is 7.93. The van der Waals surface area contributed by atoms with Gasteiger partial charge in [-0.3, -0.25) is 19.3 Å². The van der Waals surface area contributed by atoms with Crippen molar-refractivity contribution in [2.24, 2.45) is 11.8 Å². The summed E-state index contributed by atoms with van der Waals surface area (Å²) in [7, 11) is 0. The van der Waals surface area contributed by atoms with Gasteiger partial charge in [0.25, 0.3) is 11.8 Å². The van der Waals surface area contributed by atoms with Gasteiger partial charge in [-0.15, -0.1) is 11.3 Å². The zero-order chi connectivity index (χ0) is 21.5. The first kappa shape index (κ1) is 20.0. The Morgan fingerprint density at radius 3 is 2.52 bits per heavy atom. The average molecular weight is 434 g/mol. The Morgan fingerprint density at radius 2 is 1.81 bits per heavy atom. The zero-order valence-electron chi connectivity index (χ0n) is 17.1. The van der Waals surface area contributed by atoms with Crippen LogP contribution in [0.4, 0.5) is 5.00 Å². The number of amides is 3. The van der Waals surface area contributed by atoms with Crippen LogP contribution in [-0.2, 0) is 17.6 Å². The Bertz CT molecular complexity index is 1090. The van der Waals surface area contributed by atoms with Crippen LogP contribution in [-0.4, -0.2) is 29.2 Å².